The summed E-state index contributed by atoms with van der Waals surface area (Å²) in [4.78, 5) is 12.9. The van der Waals surface area contributed by atoms with E-state index in [-0.39, 0.29) is 18.9 Å². The fourth-order valence-electron chi connectivity index (χ4n) is 1.52. The fourth-order valence-corrected chi connectivity index (χ4v) is 1.52. The van der Waals surface area contributed by atoms with Crippen molar-refractivity contribution in [1.29, 1.82) is 0 Å². The second kappa shape index (κ2) is 6.86. The number of pyridine rings is 1. The largest absolute Gasteiger partial charge is 0.490 e. The summed E-state index contributed by atoms with van der Waals surface area (Å²) < 4.78 is 62.1. The van der Waals surface area contributed by atoms with Crippen molar-refractivity contribution in [3.05, 3.63) is 24.0 Å². The first-order valence-corrected chi connectivity index (χ1v) is 6.03. The van der Waals surface area contributed by atoms with E-state index in [0.717, 1.165) is 0 Å². The van der Waals surface area contributed by atoms with Crippen molar-refractivity contribution in [2.24, 2.45) is 5.73 Å². The second-order valence-electron chi connectivity index (χ2n) is 4.49. The van der Waals surface area contributed by atoms with Crippen LogP contribution in [0.1, 0.15) is 18.5 Å². The van der Waals surface area contributed by atoms with Gasteiger partial charge in [-0.25, -0.2) is 13.6 Å². The maximum atomic E-state index is 12.5. The van der Waals surface area contributed by atoms with Gasteiger partial charge < -0.3 is 15.6 Å². The zero-order chi connectivity index (χ0) is 17.0. The second-order valence-corrected chi connectivity index (χ2v) is 4.49. The third-order valence-electron chi connectivity index (χ3n) is 2.60. The average Bonchev–Trinajstić information content (AvgIpc) is 2.36. The van der Waals surface area contributed by atoms with Gasteiger partial charge in [0.1, 0.15) is 11.9 Å². The van der Waals surface area contributed by atoms with Crippen molar-refractivity contribution >= 4 is 5.97 Å². The molecule has 124 valence electrons. The standard InChI is InChI=1S/C10H12F2N2O.C2HF3O2/c11-10(12)4-9(5-10)15-8-1-2-14-7(3-8)6-13;3-2(4,5)1(6)7/h1-3,9H,4-6,13H2;(H,6,7). The molecule has 0 aliphatic heterocycles. The molecule has 0 unspecified atom stereocenters. The van der Waals surface area contributed by atoms with Gasteiger partial charge in [0.05, 0.1) is 5.69 Å². The molecule has 0 bridgehead atoms. The number of carbonyl (C=O) groups is 1. The molecule has 0 amide bonds. The summed E-state index contributed by atoms with van der Waals surface area (Å²) in [5.41, 5.74) is 6.09. The molecule has 1 aromatic heterocycles. The number of hydrogen-bond acceptors (Lipinski definition) is 4. The fraction of sp³-hybridized carbons (Fsp3) is 0.500. The van der Waals surface area contributed by atoms with Crippen LogP contribution in [0.15, 0.2) is 18.3 Å². The maximum Gasteiger partial charge on any atom is 0.490 e. The number of aliphatic carboxylic acids is 1. The molecule has 22 heavy (non-hydrogen) atoms. The van der Waals surface area contributed by atoms with Crippen LogP contribution in [-0.2, 0) is 11.3 Å². The van der Waals surface area contributed by atoms with Crippen molar-refractivity contribution < 1.29 is 36.6 Å². The molecule has 1 heterocycles. The lowest BCUT2D eigenvalue weighted by molar-refractivity contribution is -0.192. The summed E-state index contributed by atoms with van der Waals surface area (Å²) in [6.45, 7) is 0.317. The summed E-state index contributed by atoms with van der Waals surface area (Å²) in [6, 6.07) is 3.33. The van der Waals surface area contributed by atoms with E-state index in [1.54, 1.807) is 18.3 Å². The van der Waals surface area contributed by atoms with Gasteiger partial charge in [-0.2, -0.15) is 13.2 Å². The van der Waals surface area contributed by atoms with Crippen LogP contribution in [0.4, 0.5) is 22.0 Å². The first kappa shape index (κ1) is 18.1. The topological polar surface area (TPSA) is 85.4 Å². The Bertz CT molecular complexity index is 514. The van der Waals surface area contributed by atoms with Gasteiger partial charge in [-0.05, 0) is 6.07 Å². The smallest absolute Gasteiger partial charge is 0.490 e. The van der Waals surface area contributed by atoms with E-state index in [1.807, 2.05) is 0 Å². The van der Waals surface area contributed by atoms with Crippen molar-refractivity contribution in [3.8, 4) is 5.75 Å². The summed E-state index contributed by atoms with van der Waals surface area (Å²) >= 11 is 0. The van der Waals surface area contributed by atoms with Crippen LogP contribution in [-0.4, -0.2) is 34.3 Å². The molecule has 1 fully saturated rings. The van der Waals surface area contributed by atoms with Gasteiger partial charge >= 0.3 is 12.1 Å². The summed E-state index contributed by atoms with van der Waals surface area (Å²) in [6.07, 6.45) is -4.30. The van der Waals surface area contributed by atoms with Gasteiger partial charge in [-0.1, -0.05) is 0 Å². The predicted molar refractivity (Wildman–Crippen MR) is 64.4 cm³/mol. The third-order valence-corrected chi connectivity index (χ3v) is 2.60. The quantitative estimate of drug-likeness (QED) is 0.832. The number of ether oxygens (including phenoxy) is 1. The molecular formula is C12H13F5N2O3. The number of alkyl halides is 5. The van der Waals surface area contributed by atoms with Crippen LogP contribution in [0.5, 0.6) is 5.75 Å². The van der Waals surface area contributed by atoms with Crippen LogP contribution >= 0.6 is 0 Å². The minimum Gasteiger partial charge on any atom is -0.490 e. The van der Waals surface area contributed by atoms with Crippen molar-refractivity contribution in [3.63, 3.8) is 0 Å². The number of nitrogens with zero attached hydrogens (tertiary/aromatic N) is 1. The van der Waals surface area contributed by atoms with E-state index < -0.39 is 18.1 Å². The van der Waals surface area contributed by atoms with E-state index in [0.29, 0.717) is 18.0 Å². The summed E-state index contributed by atoms with van der Waals surface area (Å²) in [7, 11) is 0. The molecule has 2 rings (SSSR count). The SMILES string of the molecule is NCc1cc(OC2CC(F)(F)C2)ccn1.O=C(O)C(F)(F)F. The van der Waals surface area contributed by atoms with E-state index >= 15 is 0 Å². The molecule has 0 aromatic carbocycles. The van der Waals surface area contributed by atoms with Crippen LogP contribution < -0.4 is 10.5 Å². The number of aromatic nitrogens is 1. The molecule has 1 aliphatic rings. The van der Waals surface area contributed by atoms with Gasteiger partial charge in [0.15, 0.2) is 0 Å². The van der Waals surface area contributed by atoms with Gasteiger partial charge in [-0.3, -0.25) is 4.98 Å². The zero-order valence-corrected chi connectivity index (χ0v) is 11.1. The van der Waals surface area contributed by atoms with E-state index in [4.69, 9.17) is 20.4 Å². The minimum atomic E-state index is -5.08. The molecule has 1 aliphatic carbocycles. The Balaban J connectivity index is 0.000000295. The monoisotopic (exact) mass is 328 g/mol. The summed E-state index contributed by atoms with van der Waals surface area (Å²) in [5, 5.41) is 7.12. The highest BCUT2D eigenvalue weighted by atomic mass is 19.4. The van der Waals surface area contributed by atoms with Crippen molar-refractivity contribution in [2.75, 3.05) is 0 Å². The maximum absolute atomic E-state index is 12.5. The molecule has 1 saturated carbocycles. The van der Waals surface area contributed by atoms with E-state index in [2.05, 4.69) is 4.98 Å². The number of rotatable bonds is 3. The number of hydrogen-bond donors (Lipinski definition) is 2. The molecule has 10 heteroatoms. The van der Waals surface area contributed by atoms with E-state index in [9.17, 15) is 22.0 Å². The highest BCUT2D eigenvalue weighted by molar-refractivity contribution is 5.73. The summed E-state index contributed by atoms with van der Waals surface area (Å²) in [5.74, 6) is -4.74. The Labute approximate surface area is 121 Å². The molecule has 1 aromatic rings. The highest BCUT2D eigenvalue weighted by Gasteiger charge is 2.47. The normalized spacial score (nSPS) is 17.0. The Kier molecular flexibility index (Phi) is 5.64. The molecule has 3 N–H and O–H groups in total. The van der Waals surface area contributed by atoms with Crippen LogP contribution in [0.2, 0.25) is 0 Å². The lowest BCUT2D eigenvalue weighted by Gasteiger charge is -2.34. The minimum absolute atomic E-state index is 0.201. The van der Waals surface area contributed by atoms with Gasteiger partial charge in [0.25, 0.3) is 5.92 Å². The first-order valence-electron chi connectivity index (χ1n) is 6.03. The lowest BCUT2D eigenvalue weighted by atomic mass is 9.91. The Morgan fingerprint density at radius 3 is 2.41 bits per heavy atom. The average molecular weight is 328 g/mol. The Morgan fingerprint density at radius 2 is 2.00 bits per heavy atom. The molecule has 0 spiro atoms. The van der Waals surface area contributed by atoms with E-state index in [1.165, 1.54) is 0 Å². The number of carboxylic acid groups (broad SMARTS) is 1. The number of halogens is 5. The molecule has 0 atom stereocenters. The van der Waals surface area contributed by atoms with Crippen molar-refractivity contribution in [1.82, 2.24) is 4.98 Å². The lowest BCUT2D eigenvalue weighted by Crippen LogP contribution is -2.43. The Morgan fingerprint density at radius 1 is 1.45 bits per heavy atom. The third kappa shape index (κ3) is 5.80. The highest BCUT2D eigenvalue weighted by Crippen LogP contribution is 2.39. The van der Waals surface area contributed by atoms with Crippen LogP contribution in [0.3, 0.4) is 0 Å². The Hall–Kier alpha value is -1.97. The first-order chi connectivity index (χ1) is 10.0. The predicted octanol–water partition coefficient (Wildman–Crippen LogP) is 2.35. The molecule has 0 radical (unpaired) electrons. The molecule has 5 nitrogen and oxygen atoms in total. The number of nitrogens with two attached hydrogens (primary N) is 1. The van der Waals surface area contributed by atoms with Gasteiger partial charge in [0.2, 0.25) is 0 Å². The van der Waals surface area contributed by atoms with Crippen LogP contribution in [0, 0.1) is 0 Å². The van der Waals surface area contributed by atoms with Crippen LogP contribution in [0.25, 0.3) is 0 Å². The number of carboxylic acids is 1. The van der Waals surface area contributed by atoms with Gasteiger partial charge in [-0.15, -0.1) is 0 Å². The van der Waals surface area contributed by atoms with Crippen molar-refractivity contribution in [2.45, 2.75) is 37.6 Å². The molecule has 0 saturated heterocycles. The zero-order valence-electron chi connectivity index (χ0n) is 11.1. The van der Waals surface area contributed by atoms with Gasteiger partial charge in [0, 0.05) is 31.6 Å². The molecular weight excluding hydrogens is 315 g/mol.